The number of likely N-dealkylation sites (N-methyl/N-ethyl adjacent to an activating group) is 1. The van der Waals surface area contributed by atoms with Crippen LogP contribution in [0.5, 0.6) is 0 Å². The van der Waals surface area contributed by atoms with Gasteiger partial charge in [0.15, 0.2) is 11.4 Å². The Balaban J connectivity index is 1.87. The number of carbonyl (C=O) groups is 2. The van der Waals surface area contributed by atoms with Crippen LogP contribution < -0.4 is 4.90 Å². The van der Waals surface area contributed by atoms with Gasteiger partial charge in [0.25, 0.3) is 5.91 Å². The summed E-state index contributed by atoms with van der Waals surface area (Å²) in [5, 5.41) is 11.5. The van der Waals surface area contributed by atoms with Gasteiger partial charge in [-0.3, -0.25) is 9.59 Å². The van der Waals surface area contributed by atoms with Crippen LogP contribution in [-0.2, 0) is 16.8 Å². The summed E-state index contributed by atoms with van der Waals surface area (Å²) in [6.07, 6.45) is 1.14. The number of benzene rings is 2. The number of ketones is 1. The molecule has 0 saturated carbocycles. The number of aliphatic hydroxyl groups is 1. The van der Waals surface area contributed by atoms with E-state index in [9.17, 15) is 14.7 Å². The maximum atomic E-state index is 13.1. The van der Waals surface area contributed by atoms with Gasteiger partial charge in [0.05, 0.1) is 11.6 Å². The molecule has 0 unspecified atom stereocenters. The average molecular weight is 400 g/mol. The molecule has 1 N–H and O–H groups in total. The van der Waals surface area contributed by atoms with E-state index in [-0.39, 0.29) is 5.78 Å². The minimum Gasteiger partial charge on any atom is -0.375 e. The molecule has 0 bridgehead atoms. The first-order valence-corrected chi connectivity index (χ1v) is 9.24. The van der Waals surface area contributed by atoms with E-state index in [1.54, 1.807) is 17.0 Å². The van der Waals surface area contributed by atoms with Gasteiger partial charge in [0.1, 0.15) is 0 Å². The number of carbonyl (C=O) groups excluding carboxylic acids is 2. The van der Waals surface area contributed by atoms with Crippen molar-refractivity contribution < 1.29 is 14.7 Å². The van der Waals surface area contributed by atoms with E-state index < -0.39 is 17.4 Å². The normalized spacial score (nSPS) is 25.1. The molecule has 1 aliphatic heterocycles. The first-order valence-electron chi connectivity index (χ1n) is 8.45. The molecule has 2 aromatic rings. The Morgan fingerprint density at radius 1 is 1.24 bits per heavy atom. The highest BCUT2D eigenvalue weighted by Gasteiger charge is 2.57. The van der Waals surface area contributed by atoms with Crippen LogP contribution >= 0.6 is 15.9 Å². The lowest BCUT2D eigenvalue weighted by molar-refractivity contribution is -0.140. The number of nitrogens with zero attached hydrogens (tertiary/aromatic N) is 1. The van der Waals surface area contributed by atoms with Crippen LogP contribution in [0, 0.1) is 5.92 Å². The zero-order valence-corrected chi connectivity index (χ0v) is 15.4. The minimum absolute atomic E-state index is 0.151. The molecule has 0 aromatic heterocycles. The highest BCUT2D eigenvalue weighted by molar-refractivity contribution is 9.10. The Labute approximate surface area is 154 Å². The number of amides is 1. The molecule has 1 aliphatic carbocycles. The maximum Gasteiger partial charge on any atom is 0.264 e. The van der Waals surface area contributed by atoms with E-state index in [0.717, 1.165) is 10.0 Å². The molecule has 4 rings (SSSR count). The van der Waals surface area contributed by atoms with Gasteiger partial charge in [-0.2, -0.15) is 0 Å². The molecule has 0 radical (unpaired) electrons. The summed E-state index contributed by atoms with van der Waals surface area (Å²) in [7, 11) is 0. The maximum absolute atomic E-state index is 13.1. The lowest BCUT2D eigenvalue weighted by atomic mass is 9.71. The quantitative estimate of drug-likeness (QED) is 0.840. The fourth-order valence-corrected chi connectivity index (χ4v) is 4.49. The number of hydrogen-bond donors (Lipinski definition) is 1. The van der Waals surface area contributed by atoms with E-state index in [2.05, 4.69) is 15.9 Å². The van der Waals surface area contributed by atoms with Crippen LogP contribution in [0.1, 0.15) is 34.8 Å². The standard InChI is InChI=1S/C20H18BrNO3/c1-2-22-17-10-8-13(21)11-16(17)20(25,19(22)24)15-9-7-12-5-3-4-6-14(12)18(15)23/h3-6,8,10-11,15,25H,2,7,9H2,1H3/t15-,20-/m1/s1. The largest absolute Gasteiger partial charge is 0.375 e. The first kappa shape index (κ1) is 16.5. The number of anilines is 1. The summed E-state index contributed by atoms with van der Waals surface area (Å²) in [5.74, 6) is -1.32. The Hall–Kier alpha value is -1.98. The predicted molar refractivity (Wildman–Crippen MR) is 98.6 cm³/mol. The first-order chi connectivity index (χ1) is 12.0. The van der Waals surface area contributed by atoms with Gasteiger partial charge in [0, 0.05) is 22.1 Å². The van der Waals surface area contributed by atoms with Crippen LogP contribution in [0.25, 0.3) is 0 Å². The van der Waals surface area contributed by atoms with E-state index in [1.165, 1.54) is 0 Å². The van der Waals surface area contributed by atoms with E-state index in [1.807, 2.05) is 37.3 Å². The van der Waals surface area contributed by atoms with Gasteiger partial charge >= 0.3 is 0 Å². The van der Waals surface area contributed by atoms with Crippen molar-refractivity contribution in [2.45, 2.75) is 25.4 Å². The van der Waals surface area contributed by atoms with Gasteiger partial charge in [-0.15, -0.1) is 0 Å². The second-order valence-electron chi connectivity index (χ2n) is 6.59. The average Bonchev–Trinajstić information content (AvgIpc) is 2.83. The van der Waals surface area contributed by atoms with Gasteiger partial charge in [-0.1, -0.05) is 40.2 Å². The molecule has 2 atom stereocenters. The van der Waals surface area contributed by atoms with Crippen LogP contribution in [0.3, 0.4) is 0 Å². The Kier molecular flexibility index (Phi) is 3.81. The van der Waals surface area contributed by atoms with Gasteiger partial charge in [0.2, 0.25) is 0 Å². The molecule has 0 fully saturated rings. The second kappa shape index (κ2) is 5.78. The minimum atomic E-state index is -1.81. The van der Waals surface area contributed by atoms with Crippen LogP contribution in [0.15, 0.2) is 46.9 Å². The summed E-state index contributed by atoms with van der Waals surface area (Å²) in [5.41, 5.74) is 1.00. The molecule has 4 nitrogen and oxygen atoms in total. The predicted octanol–water partition coefficient (Wildman–Crippen LogP) is 3.45. The van der Waals surface area contributed by atoms with E-state index in [0.29, 0.717) is 36.2 Å². The summed E-state index contributed by atoms with van der Waals surface area (Å²) >= 11 is 3.42. The van der Waals surface area contributed by atoms with Gasteiger partial charge in [-0.25, -0.2) is 0 Å². The van der Waals surface area contributed by atoms with Gasteiger partial charge < -0.3 is 10.0 Å². The molecule has 0 spiro atoms. The third-order valence-corrected chi connectivity index (χ3v) is 5.85. The van der Waals surface area contributed by atoms with Crippen molar-refractivity contribution >= 4 is 33.3 Å². The van der Waals surface area contributed by atoms with Crippen molar-refractivity contribution in [1.82, 2.24) is 0 Å². The van der Waals surface area contributed by atoms with Crippen molar-refractivity contribution in [3.8, 4) is 0 Å². The fraction of sp³-hybridized carbons (Fsp3) is 0.300. The fourth-order valence-electron chi connectivity index (χ4n) is 4.13. The monoisotopic (exact) mass is 399 g/mol. The second-order valence-corrected chi connectivity index (χ2v) is 7.51. The van der Waals surface area contributed by atoms with E-state index in [4.69, 9.17) is 0 Å². The molecule has 1 amide bonds. The molecule has 1 heterocycles. The molecule has 25 heavy (non-hydrogen) atoms. The summed E-state index contributed by atoms with van der Waals surface area (Å²) < 4.78 is 0.777. The molecular formula is C20H18BrNO3. The van der Waals surface area contributed by atoms with Crippen LogP contribution in [0.4, 0.5) is 5.69 Å². The number of rotatable bonds is 2. The summed E-state index contributed by atoms with van der Waals surface area (Å²) in [4.78, 5) is 27.8. The Morgan fingerprint density at radius 3 is 2.76 bits per heavy atom. The van der Waals surface area contributed by atoms with Crippen molar-refractivity contribution in [2.75, 3.05) is 11.4 Å². The SMILES string of the molecule is CCN1C(=O)[C@@](O)([C@@H]2CCc3ccccc3C2=O)c2cc(Br)ccc21. The third-order valence-electron chi connectivity index (χ3n) is 5.35. The summed E-state index contributed by atoms with van der Waals surface area (Å²) in [6, 6.07) is 12.9. The number of halogens is 1. The topological polar surface area (TPSA) is 57.6 Å². The van der Waals surface area contributed by atoms with Crippen molar-refractivity contribution in [3.05, 3.63) is 63.6 Å². The molecular weight excluding hydrogens is 382 g/mol. The van der Waals surface area contributed by atoms with Crippen LogP contribution in [0.2, 0.25) is 0 Å². The smallest absolute Gasteiger partial charge is 0.264 e. The molecule has 2 aliphatic rings. The number of fused-ring (bicyclic) bond motifs is 2. The van der Waals surface area contributed by atoms with Gasteiger partial charge in [-0.05, 0) is 43.5 Å². The molecule has 128 valence electrons. The zero-order chi connectivity index (χ0) is 17.8. The molecule has 5 heteroatoms. The summed E-state index contributed by atoms with van der Waals surface area (Å²) in [6.45, 7) is 2.32. The van der Waals surface area contributed by atoms with E-state index >= 15 is 0 Å². The lowest BCUT2D eigenvalue weighted by Gasteiger charge is -2.34. The van der Waals surface area contributed by atoms with Crippen molar-refractivity contribution in [2.24, 2.45) is 5.92 Å². The highest BCUT2D eigenvalue weighted by atomic mass is 79.9. The highest BCUT2D eigenvalue weighted by Crippen LogP contribution is 2.48. The van der Waals surface area contributed by atoms with Crippen LogP contribution in [-0.4, -0.2) is 23.3 Å². The molecule has 2 aromatic carbocycles. The van der Waals surface area contributed by atoms with Crippen molar-refractivity contribution in [1.29, 1.82) is 0 Å². The number of hydrogen-bond acceptors (Lipinski definition) is 3. The zero-order valence-electron chi connectivity index (χ0n) is 13.8. The lowest BCUT2D eigenvalue weighted by Crippen LogP contribution is -2.49. The number of aryl methyl sites for hydroxylation is 1. The Bertz CT molecular complexity index is 894. The van der Waals surface area contributed by atoms with Crippen molar-refractivity contribution in [3.63, 3.8) is 0 Å². The number of Topliss-reactive ketones (excluding diaryl/α,β-unsaturated/α-hetero) is 1. The Morgan fingerprint density at radius 2 is 2.00 bits per heavy atom. The molecule has 0 saturated heterocycles. The third kappa shape index (κ3) is 2.22.